The number of esters is 9. The molecule has 1 aliphatic carbocycles. The van der Waals surface area contributed by atoms with Gasteiger partial charge in [-0.15, -0.1) is 0 Å². The Labute approximate surface area is 319 Å². The molecule has 1 saturated carbocycles. The fourth-order valence-corrected chi connectivity index (χ4v) is 5.40. The molecule has 0 bridgehead atoms. The molecule has 0 saturated heterocycles. The van der Waals surface area contributed by atoms with E-state index < -0.39 is 90.5 Å². The molecule has 0 unspecified atom stereocenters. The summed E-state index contributed by atoms with van der Waals surface area (Å²) in [7, 11) is 0.995. The van der Waals surface area contributed by atoms with Gasteiger partial charge < -0.3 is 42.6 Å². The minimum atomic E-state index is -2.28. The minimum Gasteiger partial charge on any atom is -0.466 e. The summed E-state index contributed by atoms with van der Waals surface area (Å²) in [5.41, 5.74) is -1.75. The second-order valence-corrected chi connectivity index (χ2v) is 12.0. The molecular weight excluding hydrogens is 744 g/mol. The number of methoxy groups -OCH3 is 1. The van der Waals surface area contributed by atoms with E-state index in [2.05, 4.69) is 0 Å². The minimum absolute atomic E-state index is 0.0668. The molecule has 18 nitrogen and oxygen atoms in total. The first kappa shape index (κ1) is 43.6. The normalized spacial score (nSPS) is 18.9. The predicted molar refractivity (Wildman–Crippen MR) is 187 cm³/mol. The van der Waals surface area contributed by atoms with Crippen molar-refractivity contribution in [1.29, 1.82) is 0 Å². The monoisotopic (exact) mass is 782 g/mol. The summed E-state index contributed by atoms with van der Waals surface area (Å²) >= 11 is 0. The Morgan fingerprint density at radius 3 is 1.36 bits per heavy atom. The summed E-state index contributed by atoms with van der Waals surface area (Å²) in [4.78, 5) is 110. The average Bonchev–Trinajstić information content (AvgIpc) is 3.08. The van der Waals surface area contributed by atoms with E-state index in [0.29, 0.717) is 0 Å². The highest BCUT2D eigenvalue weighted by Crippen LogP contribution is 2.39. The molecule has 0 spiro atoms. The van der Waals surface area contributed by atoms with Crippen molar-refractivity contribution in [2.75, 3.05) is 7.11 Å². The van der Waals surface area contributed by atoms with Crippen LogP contribution in [-0.2, 0) is 66.8 Å². The largest absolute Gasteiger partial charge is 0.466 e. The first-order chi connectivity index (χ1) is 26.3. The zero-order chi connectivity index (χ0) is 41.7. The summed E-state index contributed by atoms with van der Waals surface area (Å²) in [5.74, 6) is -8.30. The second kappa shape index (κ2) is 19.5. The smallest absolute Gasteiger partial charge is 0.350 e. The maximum absolute atomic E-state index is 13.4. The third-order valence-corrected chi connectivity index (χ3v) is 7.31. The number of hydrogen-bond donors (Lipinski definition) is 0. The zero-order valence-corrected chi connectivity index (χ0v) is 31.3. The van der Waals surface area contributed by atoms with E-state index in [1.54, 1.807) is 0 Å². The molecule has 0 N–H and O–H groups in total. The quantitative estimate of drug-likeness (QED) is 0.123. The van der Waals surface area contributed by atoms with Crippen LogP contribution in [0.5, 0.6) is 23.0 Å². The van der Waals surface area contributed by atoms with Crippen LogP contribution in [0.1, 0.15) is 65.5 Å². The second-order valence-electron chi connectivity index (χ2n) is 12.0. The molecule has 0 aliphatic heterocycles. The van der Waals surface area contributed by atoms with Gasteiger partial charge in [0.15, 0.2) is 29.1 Å². The standard InChI is InChI=1S/C38H38O18/c1-20(39)49-28-12-8-26(16-30(28)51-22(3)41)10-14-34(45)55-33-19-38(37(47)48-7,18-32(53-24(5)43)36(33)54-25(6)44)56-35(46)15-11-27-9-13-29(50-21(2)40)31(17-27)52-23(4)42/h8-17,32-33,36H,18-19H2,1-7H3/b14-10+,15-11+/t32-,33+,36+,38+/m1/s1. The van der Waals surface area contributed by atoms with Gasteiger partial charge >= 0.3 is 53.7 Å². The van der Waals surface area contributed by atoms with Gasteiger partial charge in [0.1, 0.15) is 12.2 Å². The summed E-state index contributed by atoms with van der Waals surface area (Å²) in [6.45, 7) is 6.62. The Bertz CT molecular complexity index is 1960. The molecule has 0 heterocycles. The molecular formula is C38H38O18. The molecule has 0 aromatic heterocycles. The predicted octanol–water partition coefficient (Wildman–Crippen LogP) is 3.14. The molecule has 4 atom stereocenters. The molecule has 0 amide bonds. The number of carbonyl (C=O) groups is 9. The van der Waals surface area contributed by atoms with Crippen LogP contribution in [0.4, 0.5) is 0 Å². The van der Waals surface area contributed by atoms with Crippen LogP contribution in [0, 0.1) is 0 Å². The van der Waals surface area contributed by atoms with Crippen LogP contribution in [0.3, 0.4) is 0 Å². The first-order valence-electron chi connectivity index (χ1n) is 16.5. The van der Waals surface area contributed by atoms with E-state index in [-0.39, 0.29) is 34.1 Å². The maximum Gasteiger partial charge on any atom is 0.350 e. The van der Waals surface area contributed by atoms with Gasteiger partial charge in [0.05, 0.1) is 7.11 Å². The summed E-state index contributed by atoms with van der Waals surface area (Å²) < 4.78 is 47.2. The molecule has 1 fully saturated rings. The van der Waals surface area contributed by atoms with E-state index in [0.717, 1.165) is 60.8 Å². The first-order valence-corrected chi connectivity index (χ1v) is 16.5. The Balaban J connectivity index is 1.97. The van der Waals surface area contributed by atoms with Crippen molar-refractivity contribution in [2.45, 2.75) is 78.3 Å². The summed E-state index contributed by atoms with van der Waals surface area (Å²) in [6, 6.07) is 8.05. The van der Waals surface area contributed by atoms with Crippen molar-refractivity contribution >= 4 is 65.9 Å². The molecule has 18 heteroatoms. The lowest BCUT2D eigenvalue weighted by Gasteiger charge is -2.44. The maximum atomic E-state index is 13.4. The SMILES string of the molecule is COC(=O)[C@@]1(OC(=O)/C=C/c2ccc(OC(C)=O)c(OC(C)=O)c2)C[C@H](OC(=O)/C=C/c2ccc(OC(C)=O)c(OC(C)=O)c2)[C@@H](OC(C)=O)[C@H](OC(C)=O)C1. The third kappa shape index (κ3) is 12.9. The van der Waals surface area contributed by atoms with Crippen LogP contribution in [-0.4, -0.2) is 84.7 Å². The van der Waals surface area contributed by atoms with Crippen molar-refractivity contribution in [2.24, 2.45) is 0 Å². The molecule has 2 aromatic rings. The van der Waals surface area contributed by atoms with E-state index in [4.69, 9.17) is 42.6 Å². The van der Waals surface area contributed by atoms with Crippen LogP contribution in [0.2, 0.25) is 0 Å². The van der Waals surface area contributed by atoms with Gasteiger partial charge in [-0.25, -0.2) is 14.4 Å². The number of hydrogen-bond acceptors (Lipinski definition) is 18. The number of benzene rings is 2. The molecule has 298 valence electrons. The Morgan fingerprint density at radius 1 is 0.536 bits per heavy atom. The van der Waals surface area contributed by atoms with Gasteiger partial charge in [0.25, 0.3) is 0 Å². The fraction of sp³-hybridized carbons (Fsp3) is 0.342. The van der Waals surface area contributed by atoms with Gasteiger partial charge in [-0.2, -0.15) is 0 Å². The lowest BCUT2D eigenvalue weighted by molar-refractivity contribution is -0.220. The van der Waals surface area contributed by atoms with Crippen molar-refractivity contribution < 1.29 is 85.8 Å². The fourth-order valence-electron chi connectivity index (χ4n) is 5.40. The highest BCUT2D eigenvalue weighted by Gasteiger charge is 2.58. The van der Waals surface area contributed by atoms with Crippen molar-refractivity contribution in [3.63, 3.8) is 0 Å². The van der Waals surface area contributed by atoms with Crippen molar-refractivity contribution in [3.8, 4) is 23.0 Å². The lowest BCUT2D eigenvalue weighted by atomic mass is 9.78. The lowest BCUT2D eigenvalue weighted by Crippen LogP contribution is -2.60. The van der Waals surface area contributed by atoms with Gasteiger partial charge in [-0.3, -0.25) is 28.8 Å². The van der Waals surface area contributed by atoms with E-state index in [9.17, 15) is 43.2 Å². The van der Waals surface area contributed by atoms with Gasteiger partial charge in [0.2, 0.25) is 5.60 Å². The van der Waals surface area contributed by atoms with Gasteiger partial charge in [0, 0.05) is 66.5 Å². The van der Waals surface area contributed by atoms with Gasteiger partial charge in [-0.05, 0) is 47.5 Å². The third-order valence-electron chi connectivity index (χ3n) is 7.31. The van der Waals surface area contributed by atoms with E-state index in [1.165, 1.54) is 48.6 Å². The topological polar surface area (TPSA) is 237 Å². The van der Waals surface area contributed by atoms with Crippen LogP contribution < -0.4 is 18.9 Å². The average molecular weight is 783 g/mol. The number of ether oxygens (including phenoxy) is 9. The Morgan fingerprint density at radius 2 is 0.946 bits per heavy atom. The Kier molecular flexibility index (Phi) is 15.1. The number of carbonyl (C=O) groups excluding carboxylic acids is 9. The van der Waals surface area contributed by atoms with Crippen LogP contribution >= 0.6 is 0 Å². The molecule has 1 aliphatic rings. The molecule has 0 radical (unpaired) electrons. The molecule has 2 aromatic carbocycles. The van der Waals surface area contributed by atoms with Gasteiger partial charge in [-0.1, -0.05) is 12.1 Å². The highest BCUT2D eigenvalue weighted by atomic mass is 16.6. The van der Waals surface area contributed by atoms with Crippen molar-refractivity contribution in [3.05, 3.63) is 59.7 Å². The number of rotatable bonds is 13. The zero-order valence-electron chi connectivity index (χ0n) is 31.3. The molecule has 56 heavy (non-hydrogen) atoms. The Hall–Kier alpha value is -6.85. The van der Waals surface area contributed by atoms with Crippen molar-refractivity contribution in [1.82, 2.24) is 0 Å². The van der Waals surface area contributed by atoms with Crippen LogP contribution in [0.15, 0.2) is 48.6 Å². The summed E-state index contributed by atoms with van der Waals surface area (Å²) in [5, 5.41) is 0. The summed E-state index contributed by atoms with van der Waals surface area (Å²) in [6.07, 6.45) is -1.53. The van der Waals surface area contributed by atoms with E-state index in [1.807, 2.05) is 0 Å². The molecule has 3 rings (SSSR count). The highest BCUT2D eigenvalue weighted by molar-refractivity contribution is 5.92. The van der Waals surface area contributed by atoms with E-state index >= 15 is 0 Å². The van der Waals surface area contributed by atoms with Crippen LogP contribution in [0.25, 0.3) is 12.2 Å².